The predicted molar refractivity (Wildman–Crippen MR) is 95.9 cm³/mol. The Morgan fingerprint density at radius 1 is 1.00 bits per heavy atom. The van der Waals surface area contributed by atoms with Crippen molar-refractivity contribution in [2.75, 3.05) is 33.1 Å². The molecule has 122 valence electrons. The molecule has 1 aromatic carbocycles. The molecule has 1 atom stereocenters. The molecule has 1 rings (SSSR count). The molecule has 0 aromatic heterocycles. The first kappa shape index (κ1) is 18.4. The molecule has 0 radical (unpaired) electrons. The average molecular weight is 302 g/mol. The van der Waals surface area contributed by atoms with E-state index in [4.69, 9.17) is 0 Å². The van der Waals surface area contributed by atoms with Crippen molar-refractivity contribution >= 4 is 11.5 Å². The molecule has 3 heteroatoms. The maximum absolute atomic E-state index is 13.1. The summed E-state index contributed by atoms with van der Waals surface area (Å²) >= 11 is 0. The molecule has 0 spiro atoms. The van der Waals surface area contributed by atoms with E-state index in [2.05, 4.69) is 20.8 Å². The van der Waals surface area contributed by atoms with Gasteiger partial charge in [-0.3, -0.25) is 9.69 Å². The minimum absolute atomic E-state index is 0.170. The number of likely N-dealkylation sites (N-methyl/N-ethyl adjacent to an activating group) is 1. The second-order valence-corrected chi connectivity index (χ2v) is 6.90. The van der Waals surface area contributed by atoms with Crippen molar-refractivity contribution in [2.45, 2.75) is 39.7 Å². The third-order valence-electron chi connectivity index (χ3n) is 4.59. The smallest absolute Gasteiger partial charge is 0.183 e. The van der Waals surface area contributed by atoms with Crippen LogP contribution in [-0.4, -0.2) is 44.4 Å². The lowest BCUT2D eigenvalue weighted by molar-refractivity contribution is 0.0718. The van der Waals surface area contributed by atoms with Crippen molar-refractivity contribution in [3.8, 4) is 0 Å². The minimum atomic E-state index is -0.527. The number of rotatable bonds is 6. The van der Waals surface area contributed by atoms with E-state index in [-0.39, 0.29) is 5.78 Å². The molecule has 0 bridgehead atoms. The van der Waals surface area contributed by atoms with E-state index < -0.39 is 5.54 Å². The van der Waals surface area contributed by atoms with Gasteiger partial charge in [0.05, 0.1) is 5.54 Å². The summed E-state index contributed by atoms with van der Waals surface area (Å²) in [5.41, 5.74) is 3.89. The lowest BCUT2D eigenvalue weighted by Crippen LogP contribution is -2.48. The molecule has 3 nitrogen and oxygen atoms in total. The molecule has 1 aromatic rings. The van der Waals surface area contributed by atoms with E-state index >= 15 is 0 Å². The first-order chi connectivity index (χ1) is 10.1. The molecule has 0 aliphatic rings. The van der Waals surface area contributed by atoms with Gasteiger partial charge < -0.3 is 4.90 Å². The maximum Gasteiger partial charge on any atom is 0.183 e. The Hall–Kier alpha value is -1.61. The van der Waals surface area contributed by atoms with Crippen molar-refractivity contribution in [1.82, 2.24) is 4.90 Å². The SMILES string of the molecule is CC(C)=C(C)CC(C)(C(=O)c1ccc(N(C)C)cc1)N(C)C. The summed E-state index contributed by atoms with van der Waals surface area (Å²) in [6, 6.07) is 7.85. The number of hydrogen-bond acceptors (Lipinski definition) is 3. The molecular weight excluding hydrogens is 272 g/mol. The van der Waals surface area contributed by atoms with Crippen molar-refractivity contribution < 1.29 is 4.79 Å². The van der Waals surface area contributed by atoms with Crippen LogP contribution in [-0.2, 0) is 0 Å². The molecule has 0 aliphatic carbocycles. The van der Waals surface area contributed by atoms with E-state index in [1.807, 2.05) is 69.2 Å². The van der Waals surface area contributed by atoms with Gasteiger partial charge in [-0.25, -0.2) is 0 Å². The van der Waals surface area contributed by atoms with E-state index in [0.29, 0.717) is 0 Å². The van der Waals surface area contributed by atoms with Crippen molar-refractivity contribution in [2.24, 2.45) is 0 Å². The third kappa shape index (κ3) is 3.98. The Kier molecular flexibility index (Phi) is 5.95. The van der Waals surface area contributed by atoms with Gasteiger partial charge in [0.2, 0.25) is 0 Å². The molecule has 0 fully saturated rings. The highest BCUT2D eigenvalue weighted by Crippen LogP contribution is 2.28. The number of allylic oxidation sites excluding steroid dienone is 1. The van der Waals surface area contributed by atoms with Crippen LogP contribution in [0, 0.1) is 0 Å². The highest BCUT2D eigenvalue weighted by molar-refractivity contribution is 6.03. The van der Waals surface area contributed by atoms with Crippen LogP contribution >= 0.6 is 0 Å². The van der Waals surface area contributed by atoms with Crippen LogP contribution in [0.15, 0.2) is 35.4 Å². The summed E-state index contributed by atoms with van der Waals surface area (Å²) in [7, 11) is 7.95. The third-order valence-corrected chi connectivity index (χ3v) is 4.59. The van der Waals surface area contributed by atoms with Crippen LogP contribution in [0.3, 0.4) is 0 Å². The molecule has 0 saturated carbocycles. The molecule has 0 amide bonds. The van der Waals surface area contributed by atoms with Gasteiger partial charge in [-0.2, -0.15) is 0 Å². The monoisotopic (exact) mass is 302 g/mol. The number of Topliss-reactive ketones (excluding diaryl/α,β-unsaturated/α-hetero) is 1. The van der Waals surface area contributed by atoms with Gasteiger partial charge in [-0.05, 0) is 72.5 Å². The summed E-state index contributed by atoms with van der Waals surface area (Å²) in [5, 5.41) is 0. The Morgan fingerprint density at radius 2 is 1.50 bits per heavy atom. The first-order valence-corrected chi connectivity index (χ1v) is 7.72. The van der Waals surface area contributed by atoms with Crippen LogP contribution in [0.1, 0.15) is 44.5 Å². The topological polar surface area (TPSA) is 23.6 Å². The van der Waals surface area contributed by atoms with Crippen LogP contribution in [0.5, 0.6) is 0 Å². The minimum Gasteiger partial charge on any atom is -0.378 e. The summed E-state index contributed by atoms with van der Waals surface area (Å²) in [6.45, 7) is 8.34. The van der Waals surface area contributed by atoms with Gasteiger partial charge in [0.1, 0.15) is 0 Å². The Bertz CT molecular complexity index is 551. The highest BCUT2D eigenvalue weighted by Gasteiger charge is 2.36. The zero-order chi connectivity index (χ0) is 17.1. The predicted octanol–water partition coefficient (Wildman–Crippen LogP) is 4.00. The average Bonchev–Trinajstić information content (AvgIpc) is 2.45. The van der Waals surface area contributed by atoms with E-state index in [1.165, 1.54) is 11.1 Å². The molecule has 0 aliphatic heterocycles. The van der Waals surface area contributed by atoms with E-state index in [0.717, 1.165) is 17.7 Å². The summed E-state index contributed by atoms with van der Waals surface area (Å²) in [4.78, 5) is 17.1. The Morgan fingerprint density at radius 3 is 1.86 bits per heavy atom. The molecule has 0 saturated heterocycles. The number of benzene rings is 1. The zero-order valence-corrected chi connectivity index (χ0v) is 15.3. The number of anilines is 1. The zero-order valence-electron chi connectivity index (χ0n) is 15.3. The lowest BCUT2D eigenvalue weighted by atomic mass is 9.83. The second kappa shape index (κ2) is 7.10. The first-order valence-electron chi connectivity index (χ1n) is 7.72. The fourth-order valence-electron chi connectivity index (χ4n) is 2.36. The van der Waals surface area contributed by atoms with E-state index in [1.54, 1.807) is 0 Å². The molecule has 22 heavy (non-hydrogen) atoms. The Labute approximate surface area is 135 Å². The second-order valence-electron chi connectivity index (χ2n) is 6.90. The fourth-order valence-corrected chi connectivity index (χ4v) is 2.36. The quantitative estimate of drug-likeness (QED) is 0.586. The van der Waals surface area contributed by atoms with Crippen molar-refractivity contribution in [3.05, 3.63) is 41.0 Å². The van der Waals surface area contributed by atoms with Crippen molar-refractivity contribution in [3.63, 3.8) is 0 Å². The van der Waals surface area contributed by atoms with E-state index in [9.17, 15) is 4.79 Å². The summed E-state index contributed by atoms with van der Waals surface area (Å²) in [5.74, 6) is 0.170. The fraction of sp³-hybridized carbons (Fsp3) is 0.526. The van der Waals surface area contributed by atoms with Crippen LogP contribution in [0.25, 0.3) is 0 Å². The van der Waals surface area contributed by atoms with Crippen LogP contribution < -0.4 is 4.90 Å². The Balaban J connectivity index is 3.15. The molecular formula is C19H30N2O. The van der Waals surface area contributed by atoms with Crippen molar-refractivity contribution in [1.29, 1.82) is 0 Å². The van der Waals surface area contributed by atoms with Gasteiger partial charge >= 0.3 is 0 Å². The molecule has 0 heterocycles. The number of ketones is 1. The summed E-state index contributed by atoms with van der Waals surface area (Å²) in [6.07, 6.45) is 0.747. The maximum atomic E-state index is 13.1. The standard InChI is InChI=1S/C19H30N2O/c1-14(2)15(3)13-19(4,21(7)8)18(22)16-9-11-17(12-10-16)20(5)6/h9-12H,13H2,1-8H3. The van der Waals surface area contributed by atoms with Crippen LogP contribution in [0.4, 0.5) is 5.69 Å². The van der Waals surface area contributed by atoms with Gasteiger partial charge in [-0.1, -0.05) is 11.1 Å². The number of hydrogen-bond donors (Lipinski definition) is 0. The van der Waals surface area contributed by atoms with Gasteiger partial charge in [0.25, 0.3) is 0 Å². The normalized spacial score (nSPS) is 13.7. The highest BCUT2D eigenvalue weighted by atomic mass is 16.1. The molecule has 0 N–H and O–H groups in total. The molecule has 1 unspecified atom stereocenters. The summed E-state index contributed by atoms with van der Waals surface area (Å²) < 4.78 is 0. The van der Waals surface area contributed by atoms with Crippen LogP contribution in [0.2, 0.25) is 0 Å². The lowest BCUT2D eigenvalue weighted by Gasteiger charge is -2.36. The largest absolute Gasteiger partial charge is 0.378 e. The van der Waals surface area contributed by atoms with Gasteiger partial charge in [0, 0.05) is 25.3 Å². The number of nitrogens with zero attached hydrogens (tertiary/aromatic N) is 2. The number of carbonyl (C=O) groups excluding carboxylic acids is 1. The number of carbonyl (C=O) groups is 1. The van der Waals surface area contributed by atoms with Gasteiger partial charge in [0.15, 0.2) is 5.78 Å². The van der Waals surface area contributed by atoms with Gasteiger partial charge in [-0.15, -0.1) is 0 Å².